The van der Waals surface area contributed by atoms with Crippen molar-refractivity contribution in [2.45, 2.75) is 6.61 Å². The standard InChI is InChI=1S/C14H16N2O5S/c1-18-9-4-8(5-10(6-9)19-2)7-21-13-11(14(17)20-3)12(15)22-16-13/h4-6H,7,15H2,1-3H3. The zero-order chi connectivity index (χ0) is 16.1. The first-order chi connectivity index (χ1) is 10.6. The third-order valence-corrected chi connectivity index (χ3v) is 3.52. The molecule has 0 bridgehead atoms. The molecular weight excluding hydrogens is 308 g/mol. The number of benzene rings is 1. The molecular formula is C14H16N2O5S. The third kappa shape index (κ3) is 3.40. The van der Waals surface area contributed by atoms with Crippen LogP contribution in [0.3, 0.4) is 0 Å². The van der Waals surface area contributed by atoms with Crippen LogP contribution in [0.1, 0.15) is 15.9 Å². The summed E-state index contributed by atoms with van der Waals surface area (Å²) in [7, 11) is 4.40. The molecule has 0 saturated carbocycles. The van der Waals surface area contributed by atoms with Crippen LogP contribution in [-0.2, 0) is 11.3 Å². The van der Waals surface area contributed by atoms with Crippen molar-refractivity contribution in [1.82, 2.24) is 4.37 Å². The molecule has 0 fully saturated rings. The SMILES string of the molecule is COC(=O)c1c(OCc2cc(OC)cc(OC)c2)nsc1N. The monoisotopic (exact) mass is 324 g/mol. The zero-order valence-electron chi connectivity index (χ0n) is 12.4. The molecule has 118 valence electrons. The van der Waals surface area contributed by atoms with Crippen molar-refractivity contribution in [3.05, 3.63) is 29.3 Å². The summed E-state index contributed by atoms with van der Waals surface area (Å²) in [5.41, 5.74) is 6.66. The van der Waals surface area contributed by atoms with E-state index in [1.807, 2.05) is 0 Å². The number of rotatable bonds is 6. The zero-order valence-corrected chi connectivity index (χ0v) is 13.2. The second kappa shape index (κ2) is 6.99. The Kier molecular flexibility index (Phi) is 5.05. The normalized spacial score (nSPS) is 10.1. The molecule has 1 aromatic carbocycles. The first-order valence-electron chi connectivity index (χ1n) is 6.27. The lowest BCUT2D eigenvalue weighted by molar-refractivity contribution is 0.0597. The fourth-order valence-corrected chi connectivity index (χ4v) is 2.36. The molecule has 0 aliphatic heterocycles. The Labute approximate surface area is 131 Å². The number of esters is 1. The van der Waals surface area contributed by atoms with E-state index in [2.05, 4.69) is 9.11 Å². The van der Waals surface area contributed by atoms with E-state index in [0.717, 1.165) is 17.1 Å². The van der Waals surface area contributed by atoms with Crippen LogP contribution < -0.4 is 19.9 Å². The molecule has 0 amide bonds. The molecule has 0 atom stereocenters. The van der Waals surface area contributed by atoms with Gasteiger partial charge < -0.3 is 24.7 Å². The van der Waals surface area contributed by atoms with Crippen molar-refractivity contribution in [2.75, 3.05) is 27.1 Å². The van der Waals surface area contributed by atoms with E-state index in [1.165, 1.54) is 7.11 Å². The number of carbonyl (C=O) groups is 1. The summed E-state index contributed by atoms with van der Waals surface area (Å²) in [6.45, 7) is 0.181. The van der Waals surface area contributed by atoms with E-state index in [0.29, 0.717) is 11.5 Å². The second-order valence-electron chi connectivity index (χ2n) is 4.23. The van der Waals surface area contributed by atoms with Gasteiger partial charge in [0.05, 0.1) is 21.3 Å². The Balaban J connectivity index is 2.18. The quantitative estimate of drug-likeness (QED) is 0.813. The van der Waals surface area contributed by atoms with Gasteiger partial charge in [-0.2, -0.15) is 4.37 Å². The van der Waals surface area contributed by atoms with Crippen molar-refractivity contribution >= 4 is 22.5 Å². The number of hydrogen-bond acceptors (Lipinski definition) is 8. The molecule has 7 nitrogen and oxygen atoms in total. The number of carbonyl (C=O) groups excluding carboxylic acids is 1. The minimum absolute atomic E-state index is 0.141. The highest BCUT2D eigenvalue weighted by molar-refractivity contribution is 7.10. The van der Waals surface area contributed by atoms with Crippen molar-refractivity contribution < 1.29 is 23.7 Å². The van der Waals surface area contributed by atoms with E-state index >= 15 is 0 Å². The van der Waals surface area contributed by atoms with Gasteiger partial charge in [-0.25, -0.2) is 4.79 Å². The fourth-order valence-electron chi connectivity index (χ4n) is 1.78. The lowest BCUT2D eigenvalue weighted by Gasteiger charge is -2.09. The molecule has 0 saturated heterocycles. The molecule has 2 N–H and O–H groups in total. The predicted molar refractivity (Wildman–Crippen MR) is 81.7 cm³/mol. The van der Waals surface area contributed by atoms with Crippen LogP contribution in [0, 0.1) is 0 Å². The average Bonchev–Trinajstić information content (AvgIpc) is 2.92. The number of aromatic nitrogens is 1. The molecule has 2 aromatic rings. The predicted octanol–water partition coefficient (Wildman–Crippen LogP) is 2.11. The molecule has 0 aliphatic carbocycles. The second-order valence-corrected chi connectivity index (χ2v) is 5.03. The highest BCUT2D eigenvalue weighted by Gasteiger charge is 2.21. The van der Waals surface area contributed by atoms with Gasteiger partial charge in [0.1, 0.15) is 23.1 Å². The maximum Gasteiger partial charge on any atom is 0.346 e. The number of hydrogen-bond donors (Lipinski definition) is 1. The Morgan fingerprint density at radius 2 is 1.82 bits per heavy atom. The van der Waals surface area contributed by atoms with E-state index in [4.69, 9.17) is 19.9 Å². The number of nitrogens with zero attached hydrogens (tertiary/aromatic N) is 1. The Hall–Kier alpha value is -2.48. The topological polar surface area (TPSA) is 92.9 Å². The molecule has 0 unspecified atom stereocenters. The van der Waals surface area contributed by atoms with Crippen molar-refractivity contribution in [1.29, 1.82) is 0 Å². The van der Waals surface area contributed by atoms with Crippen LogP contribution in [-0.4, -0.2) is 31.7 Å². The maximum absolute atomic E-state index is 11.7. The van der Waals surface area contributed by atoms with Crippen LogP contribution in [0.2, 0.25) is 0 Å². The summed E-state index contributed by atoms with van der Waals surface area (Å²) in [5, 5.41) is 0.255. The molecule has 1 aromatic heterocycles. The van der Waals surface area contributed by atoms with E-state index in [1.54, 1.807) is 32.4 Å². The van der Waals surface area contributed by atoms with Crippen LogP contribution in [0.4, 0.5) is 5.00 Å². The minimum Gasteiger partial charge on any atom is -0.497 e. The van der Waals surface area contributed by atoms with Crippen LogP contribution in [0.25, 0.3) is 0 Å². The molecule has 22 heavy (non-hydrogen) atoms. The molecule has 1 heterocycles. The lowest BCUT2D eigenvalue weighted by Crippen LogP contribution is -2.06. The van der Waals surface area contributed by atoms with Gasteiger partial charge in [-0.3, -0.25) is 0 Å². The Morgan fingerprint density at radius 3 is 2.36 bits per heavy atom. The number of methoxy groups -OCH3 is 3. The highest BCUT2D eigenvalue weighted by atomic mass is 32.1. The van der Waals surface area contributed by atoms with Crippen molar-refractivity contribution in [3.63, 3.8) is 0 Å². The summed E-state index contributed by atoms with van der Waals surface area (Å²) in [4.78, 5) is 11.7. The summed E-state index contributed by atoms with van der Waals surface area (Å²) >= 11 is 0.978. The summed E-state index contributed by atoms with van der Waals surface area (Å²) in [5.74, 6) is 0.855. The lowest BCUT2D eigenvalue weighted by atomic mass is 10.2. The molecule has 0 radical (unpaired) electrons. The Morgan fingerprint density at radius 1 is 1.18 bits per heavy atom. The first-order valence-corrected chi connectivity index (χ1v) is 7.04. The highest BCUT2D eigenvalue weighted by Crippen LogP contribution is 2.30. The largest absolute Gasteiger partial charge is 0.497 e. The van der Waals surface area contributed by atoms with Crippen LogP contribution >= 0.6 is 11.5 Å². The molecule has 0 aliphatic rings. The van der Waals surface area contributed by atoms with E-state index in [9.17, 15) is 4.79 Å². The minimum atomic E-state index is -0.579. The van der Waals surface area contributed by atoms with Gasteiger partial charge >= 0.3 is 5.97 Å². The van der Waals surface area contributed by atoms with Gasteiger partial charge in [-0.15, -0.1) is 0 Å². The summed E-state index contributed by atoms with van der Waals surface area (Å²) in [6.07, 6.45) is 0. The first kappa shape index (κ1) is 15.9. The number of ether oxygens (including phenoxy) is 4. The molecule has 0 spiro atoms. The van der Waals surface area contributed by atoms with Gasteiger partial charge in [0.15, 0.2) is 5.56 Å². The Bertz CT molecular complexity index is 649. The third-order valence-electron chi connectivity index (χ3n) is 2.86. The molecule has 2 rings (SSSR count). The summed E-state index contributed by atoms with van der Waals surface area (Å²) < 4.78 is 24.6. The van der Waals surface area contributed by atoms with Gasteiger partial charge in [0.2, 0.25) is 5.88 Å². The van der Waals surface area contributed by atoms with Crippen molar-refractivity contribution in [2.24, 2.45) is 0 Å². The van der Waals surface area contributed by atoms with Gasteiger partial charge in [-0.1, -0.05) is 0 Å². The average molecular weight is 324 g/mol. The number of anilines is 1. The van der Waals surface area contributed by atoms with E-state index < -0.39 is 5.97 Å². The number of nitrogen functional groups attached to an aromatic ring is 1. The van der Waals surface area contributed by atoms with Gasteiger partial charge in [-0.05, 0) is 29.2 Å². The smallest absolute Gasteiger partial charge is 0.346 e. The molecule has 8 heteroatoms. The number of nitrogens with two attached hydrogens (primary N) is 1. The van der Waals surface area contributed by atoms with Gasteiger partial charge in [0.25, 0.3) is 0 Å². The van der Waals surface area contributed by atoms with Crippen LogP contribution in [0.5, 0.6) is 17.4 Å². The summed E-state index contributed by atoms with van der Waals surface area (Å²) in [6, 6.07) is 5.36. The van der Waals surface area contributed by atoms with Gasteiger partial charge in [0, 0.05) is 6.07 Å². The van der Waals surface area contributed by atoms with E-state index in [-0.39, 0.29) is 23.1 Å². The maximum atomic E-state index is 11.7. The van der Waals surface area contributed by atoms with Crippen LogP contribution in [0.15, 0.2) is 18.2 Å². The fraction of sp³-hybridized carbons (Fsp3) is 0.286. The van der Waals surface area contributed by atoms with Crippen molar-refractivity contribution in [3.8, 4) is 17.4 Å².